The first-order valence-electron chi connectivity index (χ1n) is 8.09. The highest BCUT2D eigenvalue weighted by Crippen LogP contribution is 2.33. The minimum absolute atomic E-state index is 0.00283. The molecule has 1 aliphatic rings. The van der Waals surface area contributed by atoms with E-state index < -0.39 is 11.6 Å². The van der Waals surface area contributed by atoms with E-state index in [1.165, 1.54) is 24.5 Å². The summed E-state index contributed by atoms with van der Waals surface area (Å²) in [7, 11) is 0. The second-order valence-corrected chi connectivity index (χ2v) is 5.98. The van der Waals surface area contributed by atoms with Gasteiger partial charge in [-0.25, -0.2) is 18.7 Å². The van der Waals surface area contributed by atoms with Crippen molar-refractivity contribution >= 4 is 5.71 Å². The summed E-state index contributed by atoms with van der Waals surface area (Å²) in [6.45, 7) is 0. The third kappa shape index (κ3) is 3.05. The smallest absolute Gasteiger partial charge is 0.135 e. The van der Waals surface area contributed by atoms with Crippen molar-refractivity contribution in [3.63, 3.8) is 0 Å². The molecule has 0 saturated heterocycles. The van der Waals surface area contributed by atoms with E-state index >= 15 is 0 Å². The van der Waals surface area contributed by atoms with Gasteiger partial charge < -0.3 is 0 Å². The highest BCUT2D eigenvalue weighted by Gasteiger charge is 2.24. The first-order chi connectivity index (χ1) is 12.2. The van der Waals surface area contributed by atoms with Crippen LogP contribution < -0.4 is 0 Å². The highest BCUT2D eigenvalue weighted by atomic mass is 19.1. The van der Waals surface area contributed by atoms with Gasteiger partial charge in [-0.05, 0) is 36.1 Å². The number of rotatable bonds is 3. The molecule has 0 amide bonds. The molecule has 1 atom stereocenters. The van der Waals surface area contributed by atoms with Crippen LogP contribution in [0.5, 0.6) is 0 Å². The number of hydrogen-bond donors (Lipinski definition) is 0. The average molecular weight is 335 g/mol. The summed E-state index contributed by atoms with van der Waals surface area (Å²) in [6.07, 6.45) is 6.33. The zero-order valence-corrected chi connectivity index (χ0v) is 13.4. The Morgan fingerprint density at radius 1 is 0.840 bits per heavy atom. The van der Waals surface area contributed by atoms with Gasteiger partial charge in [0.25, 0.3) is 0 Å². The molecule has 2 heterocycles. The molecule has 0 N–H and O–H groups in total. The van der Waals surface area contributed by atoms with Crippen LogP contribution in [-0.4, -0.2) is 15.7 Å². The highest BCUT2D eigenvalue weighted by molar-refractivity contribution is 6.02. The molecular weight excluding hydrogens is 320 g/mol. The molecule has 0 aliphatic carbocycles. The number of benzene rings is 2. The summed E-state index contributed by atoms with van der Waals surface area (Å²) in [5.41, 5.74) is 3.50. The van der Waals surface area contributed by atoms with E-state index in [1.807, 2.05) is 24.3 Å². The zero-order chi connectivity index (χ0) is 17.2. The van der Waals surface area contributed by atoms with Crippen molar-refractivity contribution in [2.45, 2.75) is 18.9 Å². The molecule has 5 heteroatoms. The van der Waals surface area contributed by atoms with Gasteiger partial charge in [0.1, 0.15) is 18.0 Å². The van der Waals surface area contributed by atoms with Gasteiger partial charge in [-0.15, -0.1) is 0 Å². The number of hydrogen-bond acceptors (Lipinski definition) is 3. The van der Waals surface area contributed by atoms with Crippen molar-refractivity contribution in [2.24, 2.45) is 4.99 Å². The van der Waals surface area contributed by atoms with Crippen LogP contribution in [0, 0.1) is 11.6 Å². The first kappa shape index (κ1) is 15.6. The van der Waals surface area contributed by atoms with Gasteiger partial charge in [-0.3, -0.25) is 4.99 Å². The van der Waals surface area contributed by atoms with Crippen LogP contribution in [-0.2, 0) is 0 Å². The third-order valence-corrected chi connectivity index (χ3v) is 4.41. The standard InChI is InChI=1S/C20H15F2N3/c21-16-2-1-3-17(22)20(16)19-9-8-18(25-19)14-6-4-13(5-7-14)15-10-23-12-24-11-15/h1-7,10-12,18H,8-9H2. The van der Waals surface area contributed by atoms with Crippen LogP contribution in [0.15, 0.2) is 66.2 Å². The number of halogens is 2. The maximum Gasteiger partial charge on any atom is 0.135 e. The summed E-state index contributed by atoms with van der Waals surface area (Å²) in [4.78, 5) is 12.6. The van der Waals surface area contributed by atoms with Gasteiger partial charge in [-0.1, -0.05) is 30.3 Å². The molecule has 1 aromatic heterocycles. The molecule has 0 spiro atoms. The second kappa shape index (κ2) is 6.51. The Bertz CT molecular complexity index is 901. The Morgan fingerprint density at radius 2 is 1.52 bits per heavy atom. The Kier molecular flexibility index (Phi) is 4.06. The van der Waals surface area contributed by atoms with E-state index in [0.29, 0.717) is 12.1 Å². The lowest BCUT2D eigenvalue weighted by Crippen LogP contribution is -2.03. The molecule has 3 nitrogen and oxygen atoms in total. The summed E-state index contributed by atoms with van der Waals surface area (Å²) in [5, 5.41) is 0. The molecule has 3 aromatic rings. The van der Waals surface area contributed by atoms with Gasteiger partial charge >= 0.3 is 0 Å². The summed E-state index contributed by atoms with van der Waals surface area (Å²) < 4.78 is 27.9. The molecule has 124 valence electrons. The average Bonchev–Trinajstić information content (AvgIpc) is 3.12. The fraction of sp³-hybridized carbons (Fsp3) is 0.150. The van der Waals surface area contributed by atoms with Crippen molar-refractivity contribution in [1.82, 2.24) is 9.97 Å². The lowest BCUT2D eigenvalue weighted by Gasteiger charge is -2.08. The maximum absolute atomic E-state index is 13.9. The quantitative estimate of drug-likeness (QED) is 0.693. The number of aromatic nitrogens is 2. The van der Waals surface area contributed by atoms with E-state index in [9.17, 15) is 8.78 Å². The Hall–Kier alpha value is -2.95. The second-order valence-electron chi connectivity index (χ2n) is 5.98. The minimum Gasteiger partial charge on any atom is -0.281 e. The Morgan fingerprint density at radius 3 is 2.20 bits per heavy atom. The van der Waals surface area contributed by atoms with Crippen LogP contribution in [0.1, 0.15) is 30.0 Å². The molecule has 2 aromatic carbocycles. The minimum atomic E-state index is -0.557. The monoisotopic (exact) mass is 335 g/mol. The van der Waals surface area contributed by atoms with Crippen LogP contribution in [0.2, 0.25) is 0 Å². The molecular formula is C20H15F2N3. The largest absolute Gasteiger partial charge is 0.281 e. The van der Waals surface area contributed by atoms with Gasteiger partial charge in [0.15, 0.2) is 0 Å². The van der Waals surface area contributed by atoms with Gasteiger partial charge in [-0.2, -0.15) is 0 Å². The predicted octanol–water partition coefficient (Wildman–Crippen LogP) is 4.75. The zero-order valence-electron chi connectivity index (χ0n) is 13.4. The van der Waals surface area contributed by atoms with Crippen molar-refractivity contribution < 1.29 is 8.78 Å². The van der Waals surface area contributed by atoms with E-state index in [-0.39, 0.29) is 11.6 Å². The van der Waals surface area contributed by atoms with Crippen LogP contribution >= 0.6 is 0 Å². The molecule has 0 fully saturated rings. The van der Waals surface area contributed by atoms with Crippen LogP contribution in [0.3, 0.4) is 0 Å². The summed E-state index contributed by atoms with van der Waals surface area (Å²) >= 11 is 0. The molecule has 1 unspecified atom stereocenters. The first-order valence-corrected chi connectivity index (χ1v) is 8.09. The lowest BCUT2D eigenvalue weighted by molar-refractivity contribution is 0.578. The van der Waals surface area contributed by atoms with Crippen LogP contribution in [0.4, 0.5) is 8.78 Å². The molecule has 0 radical (unpaired) electrons. The van der Waals surface area contributed by atoms with E-state index in [0.717, 1.165) is 23.1 Å². The van der Waals surface area contributed by atoms with E-state index in [4.69, 9.17) is 0 Å². The third-order valence-electron chi connectivity index (χ3n) is 4.41. The van der Waals surface area contributed by atoms with Gasteiger partial charge in [0.2, 0.25) is 0 Å². The van der Waals surface area contributed by atoms with Crippen LogP contribution in [0.25, 0.3) is 11.1 Å². The lowest BCUT2D eigenvalue weighted by atomic mass is 10.0. The van der Waals surface area contributed by atoms with Crippen molar-refractivity contribution in [1.29, 1.82) is 0 Å². The van der Waals surface area contributed by atoms with Crippen molar-refractivity contribution in [3.05, 3.63) is 83.9 Å². The predicted molar refractivity (Wildman–Crippen MR) is 92.3 cm³/mol. The van der Waals surface area contributed by atoms with Crippen molar-refractivity contribution in [2.75, 3.05) is 0 Å². The Balaban J connectivity index is 1.60. The molecule has 1 aliphatic heterocycles. The fourth-order valence-corrected chi connectivity index (χ4v) is 3.14. The summed E-state index contributed by atoms with van der Waals surface area (Å²) in [5.74, 6) is -1.11. The van der Waals surface area contributed by atoms with Gasteiger partial charge in [0, 0.05) is 23.7 Å². The van der Waals surface area contributed by atoms with E-state index in [1.54, 1.807) is 12.4 Å². The maximum atomic E-state index is 13.9. The fourth-order valence-electron chi connectivity index (χ4n) is 3.14. The van der Waals surface area contributed by atoms with Crippen molar-refractivity contribution in [3.8, 4) is 11.1 Å². The number of nitrogens with zero attached hydrogens (tertiary/aromatic N) is 3. The Labute approximate surface area is 144 Å². The topological polar surface area (TPSA) is 38.1 Å². The number of aliphatic imine (C=N–C) groups is 1. The van der Waals surface area contributed by atoms with E-state index in [2.05, 4.69) is 15.0 Å². The summed E-state index contributed by atoms with van der Waals surface area (Å²) in [6, 6.07) is 11.8. The normalized spacial score (nSPS) is 16.7. The molecule has 4 rings (SSSR count). The SMILES string of the molecule is Fc1cccc(F)c1C1=NC(c2ccc(-c3cncnc3)cc2)CC1. The molecule has 0 bridgehead atoms. The molecule has 0 saturated carbocycles. The van der Waals surface area contributed by atoms with Gasteiger partial charge in [0.05, 0.1) is 11.6 Å². The molecule has 25 heavy (non-hydrogen) atoms.